The van der Waals surface area contributed by atoms with Crippen LogP contribution in [0.3, 0.4) is 0 Å². The number of hydrogen-bond donors (Lipinski definition) is 2. The standard InChI is InChI=1S/C4H12B2Br2N2/c1-9(2)5(7)6(8)10(3)4/h1-4H3/p+2. The Kier molecular flexibility index (Phi) is 5.29. The largest absolute Gasteiger partial charge is 0.534 e. The molecule has 0 aromatic heterocycles. The topological polar surface area (TPSA) is 8.88 Å². The molecule has 0 bridgehead atoms. The van der Waals surface area contributed by atoms with E-state index < -0.39 is 0 Å². The Morgan fingerprint density at radius 2 is 1.00 bits per heavy atom. The summed E-state index contributed by atoms with van der Waals surface area (Å²) in [6, 6.07) is 0. The van der Waals surface area contributed by atoms with E-state index in [1.165, 1.54) is 9.62 Å². The average molecular weight is 272 g/mol. The molecule has 6 heteroatoms. The number of quaternary nitrogens is 2. The van der Waals surface area contributed by atoms with Crippen molar-refractivity contribution in [3.63, 3.8) is 0 Å². The van der Waals surface area contributed by atoms with E-state index >= 15 is 0 Å². The minimum absolute atomic E-state index is 0.470. The third kappa shape index (κ3) is 3.42. The number of rotatable bonds is 3. The molecular weight excluding hydrogens is 257 g/mol. The van der Waals surface area contributed by atoms with Crippen LogP contribution < -0.4 is 9.62 Å². The molecule has 0 atom stereocenters. The van der Waals surface area contributed by atoms with Crippen molar-refractivity contribution in [2.45, 2.75) is 0 Å². The number of halogens is 2. The zero-order valence-corrected chi connectivity index (χ0v) is 10.1. The van der Waals surface area contributed by atoms with E-state index in [2.05, 4.69) is 59.7 Å². The quantitative estimate of drug-likeness (QED) is 0.556. The van der Waals surface area contributed by atoms with Crippen LogP contribution in [0.5, 0.6) is 0 Å². The lowest BCUT2D eigenvalue weighted by Gasteiger charge is -2.15. The molecule has 0 aliphatic carbocycles. The molecule has 0 heterocycles. The summed E-state index contributed by atoms with van der Waals surface area (Å²) in [7, 11) is 8.54. The van der Waals surface area contributed by atoms with Crippen LogP contribution in [0, 0.1) is 0 Å². The van der Waals surface area contributed by atoms with Gasteiger partial charge in [-0.05, 0) is 0 Å². The highest BCUT2D eigenvalue weighted by atomic mass is 79.9. The minimum atomic E-state index is 0.470. The predicted octanol–water partition coefficient (Wildman–Crippen LogP) is -1.88. The fourth-order valence-corrected chi connectivity index (χ4v) is 1.64. The van der Waals surface area contributed by atoms with Crippen LogP contribution in [-0.4, -0.2) is 39.3 Å². The molecule has 2 nitrogen and oxygen atoms in total. The average Bonchev–Trinajstić information content (AvgIpc) is 1.84. The summed E-state index contributed by atoms with van der Waals surface area (Å²) in [5.41, 5.74) is 0.940. The van der Waals surface area contributed by atoms with E-state index in [-0.39, 0.29) is 0 Å². The summed E-state index contributed by atoms with van der Waals surface area (Å²) < 4.78 is 0. The summed E-state index contributed by atoms with van der Waals surface area (Å²) in [5, 5.41) is 0. The van der Waals surface area contributed by atoms with E-state index in [1.54, 1.807) is 0 Å². The molecule has 0 aromatic carbocycles. The van der Waals surface area contributed by atoms with Gasteiger partial charge in [0.1, 0.15) is 0 Å². The van der Waals surface area contributed by atoms with Gasteiger partial charge in [-0.1, -0.05) is 31.5 Å². The van der Waals surface area contributed by atoms with Crippen LogP contribution in [0.15, 0.2) is 0 Å². The molecule has 10 heavy (non-hydrogen) atoms. The first kappa shape index (κ1) is 11.0. The molecule has 2 N–H and O–H groups in total. The highest BCUT2D eigenvalue weighted by Crippen LogP contribution is 1.91. The second kappa shape index (κ2) is 4.80. The molecule has 58 valence electrons. The molecule has 0 aliphatic heterocycles. The van der Waals surface area contributed by atoms with Crippen molar-refractivity contribution in [3.8, 4) is 0 Å². The van der Waals surface area contributed by atoms with Crippen LogP contribution in [0.1, 0.15) is 0 Å². The predicted molar refractivity (Wildman–Crippen MR) is 55.0 cm³/mol. The maximum absolute atomic E-state index is 3.60. The first-order valence-corrected chi connectivity index (χ1v) is 5.18. The van der Waals surface area contributed by atoms with Gasteiger partial charge in [-0.3, -0.25) is 0 Å². The fraction of sp³-hybridized carbons (Fsp3) is 1.00. The highest BCUT2D eigenvalue weighted by Gasteiger charge is 2.44. The molecular formula is C4H14B2Br2N2+2. The molecule has 0 radical (unpaired) electrons. The van der Waals surface area contributed by atoms with Crippen LogP contribution >= 0.6 is 31.5 Å². The van der Waals surface area contributed by atoms with Gasteiger partial charge in [0.25, 0.3) is 0 Å². The monoisotopic (exact) mass is 270 g/mol. The molecule has 0 amide bonds. The Balaban J connectivity index is 3.81. The van der Waals surface area contributed by atoms with Gasteiger partial charge in [0.15, 0.2) is 0 Å². The van der Waals surface area contributed by atoms with Crippen LogP contribution in [-0.2, 0) is 0 Å². The lowest BCUT2D eigenvalue weighted by Crippen LogP contribution is -3.23. The molecule has 0 spiro atoms. The van der Waals surface area contributed by atoms with Crippen molar-refractivity contribution >= 4 is 42.6 Å². The van der Waals surface area contributed by atoms with E-state index in [0.717, 1.165) is 0 Å². The van der Waals surface area contributed by atoms with Crippen molar-refractivity contribution in [2.75, 3.05) is 28.2 Å². The summed E-state index contributed by atoms with van der Waals surface area (Å²) in [4.78, 5) is 2.81. The first-order chi connectivity index (χ1) is 4.46. The van der Waals surface area contributed by atoms with Crippen molar-refractivity contribution in [1.29, 1.82) is 0 Å². The third-order valence-corrected chi connectivity index (χ3v) is 4.96. The van der Waals surface area contributed by atoms with Crippen molar-refractivity contribution < 1.29 is 9.62 Å². The molecule has 0 rings (SSSR count). The third-order valence-electron chi connectivity index (χ3n) is 1.36. The van der Waals surface area contributed by atoms with Gasteiger partial charge in [0.05, 0.1) is 0 Å². The van der Waals surface area contributed by atoms with Crippen LogP contribution in [0.4, 0.5) is 0 Å². The fourth-order valence-electron chi connectivity index (χ4n) is 0.585. The van der Waals surface area contributed by atoms with Gasteiger partial charge in [0, 0.05) is 28.2 Å². The van der Waals surface area contributed by atoms with Gasteiger partial charge in [-0.15, -0.1) is 0 Å². The molecule has 0 fully saturated rings. The zero-order valence-electron chi connectivity index (χ0n) is 6.91. The lowest BCUT2D eigenvalue weighted by atomic mass is 9.53. The first-order valence-electron chi connectivity index (χ1n) is 3.35. The van der Waals surface area contributed by atoms with E-state index in [4.69, 9.17) is 0 Å². The Hall–Kier alpha value is 1.01. The molecule has 0 saturated heterocycles. The van der Waals surface area contributed by atoms with Gasteiger partial charge >= 0.3 is 11.1 Å². The summed E-state index contributed by atoms with van der Waals surface area (Å²) in [5.74, 6) is 0. The maximum atomic E-state index is 3.60. The van der Waals surface area contributed by atoms with Gasteiger partial charge in [0.2, 0.25) is 0 Å². The normalized spacial score (nSPS) is 10.8. The molecule has 0 aliphatic rings. The molecule has 0 unspecified atom stereocenters. The van der Waals surface area contributed by atoms with Crippen LogP contribution in [0.2, 0.25) is 0 Å². The van der Waals surface area contributed by atoms with Crippen molar-refractivity contribution in [1.82, 2.24) is 0 Å². The summed E-state index contributed by atoms with van der Waals surface area (Å²) in [6.07, 6.45) is 0. The lowest BCUT2D eigenvalue weighted by molar-refractivity contribution is -0.755. The SMILES string of the molecule is C[NH+](C)B(Br)B(Br)[NH+](C)C. The van der Waals surface area contributed by atoms with Gasteiger partial charge < -0.3 is 9.62 Å². The Morgan fingerprint density at radius 1 is 0.800 bits per heavy atom. The van der Waals surface area contributed by atoms with Crippen molar-refractivity contribution in [2.24, 2.45) is 0 Å². The number of nitrogens with one attached hydrogen (secondary N) is 2. The summed E-state index contributed by atoms with van der Waals surface area (Å²) >= 11 is 7.21. The second-order valence-corrected chi connectivity index (χ2v) is 4.93. The highest BCUT2D eigenvalue weighted by molar-refractivity contribution is 9.33. The van der Waals surface area contributed by atoms with Crippen LogP contribution in [0.25, 0.3) is 0 Å². The minimum Gasteiger partial charge on any atom is -0.400 e. The second-order valence-electron chi connectivity index (χ2n) is 2.96. The number of hydrogen-bond acceptors (Lipinski definition) is 0. The Morgan fingerprint density at radius 3 is 1.10 bits per heavy atom. The molecule has 0 saturated carbocycles. The van der Waals surface area contributed by atoms with Crippen molar-refractivity contribution in [3.05, 3.63) is 0 Å². The van der Waals surface area contributed by atoms with E-state index in [0.29, 0.717) is 11.1 Å². The summed E-state index contributed by atoms with van der Waals surface area (Å²) in [6.45, 7) is 0. The van der Waals surface area contributed by atoms with Gasteiger partial charge in [-0.2, -0.15) is 0 Å². The maximum Gasteiger partial charge on any atom is 0.534 e. The Labute approximate surface area is 80.4 Å². The zero-order chi connectivity index (χ0) is 8.31. The van der Waals surface area contributed by atoms with E-state index in [1.807, 2.05) is 0 Å². The Bertz CT molecular complexity index is 89.3. The smallest absolute Gasteiger partial charge is 0.400 e. The molecule has 0 aromatic rings. The van der Waals surface area contributed by atoms with E-state index in [9.17, 15) is 0 Å². The van der Waals surface area contributed by atoms with Gasteiger partial charge in [-0.25, -0.2) is 0 Å².